The molecule has 0 aliphatic rings. The van der Waals surface area contributed by atoms with Crippen molar-refractivity contribution in [1.82, 2.24) is 15.2 Å². The topological polar surface area (TPSA) is 41.6 Å². The Morgan fingerprint density at radius 1 is 1.18 bits per heavy atom. The van der Waals surface area contributed by atoms with Gasteiger partial charge in [0.15, 0.2) is 23.3 Å². The lowest BCUT2D eigenvalue weighted by Gasteiger charge is -1.98. The van der Waals surface area contributed by atoms with E-state index in [2.05, 4.69) is 15.2 Å². The number of nitrogens with one attached hydrogen (secondary N) is 1. The van der Waals surface area contributed by atoms with Crippen molar-refractivity contribution in [1.29, 1.82) is 0 Å². The lowest BCUT2D eigenvalue weighted by atomic mass is 10.2. The van der Waals surface area contributed by atoms with Crippen LogP contribution in [-0.2, 0) is 6.42 Å². The van der Waals surface area contributed by atoms with Crippen molar-refractivity contribution in [3.05, 3.63) is 35.4 Å². The molecule has 1 heterocycles. The highest BCUT2D eigenvalue weighted by atomic mass is 19.2. The Balaban J connectivity index is 2.39. The van der Waals surface area contributed by atoms with Crippen molar-refractivity contribution < 1.29 is 13.2 Å². The fourth-order valence-electron chi connectivity index (χ4n) is 1.46. The molecule has 0 radical (unpaired) electrons. The van der Waals surface area contributed by atoms with Gasteiger partial charge in [0.1, 0.15) is 5.82 Å². The van der Waals surface area contributed by atoms with Gasteiger partial charge in [0.05, 0.1) is 0 Å². The maximum absolute atomic E-state index is 13.0. The zero-order valence-corrected chi connectivity index (χ0v) is 9.10. The van der Waals surface area contributed by atoms with E-state index < -0.39 is 17.5 Å². The summed E-state index contributed by atoms with van der Waals surface area (Å²) in [7, 11) is 0. The highest BCUT2D eigenvalue weighted by Gasteiger charge is 2.14. The van der Waals surface area contributed by atoms with Crippen LogP contribution < -0.4 is 0 Å². The minimum Gasteiger partial charge on any atom is -0.263 e. The van der Waals surface area contributed by atoms with Gasteiger partial charge in [-0.2, -0.15) is 5.10 Å². The van der Waals surface area contributed by atoms with E-state index in [1.54, 1.807) is 0 Å². The number of nitrogens with zero attached hydrogens (tertiary/aromatic N) is 2. The van der Waals surface area contributed by atoms with Gasteiger partial charge in [0.25, 0.3) is 0 Å². The minimum absolute atomic E-state index is 0.111. The van der Waals surface area contributed by atoms with Crippen molar-refractivity contribution in [3.63, 3.8) is 0 Å². The lowest BCUT2D eigenvalue weighted by molar-refractivity contribution is 0.447. The molecule has 0 saturated heterocycles. The predicted octanol–water partition coefficient (Wildman–Crippen LogP) is 2.84. The van der Waals surface area contributed by atoms with Gasteiger partial charge in [-0.25, -0.2) is 18.2 Å². The normalized spacial score (nSPS) is 10.8. The average molecular weight is 241 g/mol. The van der Waals surface area contributed by atoms with Crippen molar-refractivity contribution in [2.24, 2.45) is 0 Å². The second kappa shape index (κ2) is 4.57. The van der Waals surface area contributed by atoms with Crippen LogP contribution in [0.2, 0.25) is 0 Å². The molecule has 1 aromatic carbocycles. The summed E-state index contributed by atoms with van der Waals surface area (Å²) in [5.74, 6) is -3.19. The Labute approximate surface area is 95.7 Å². The third-order valence-corrected chi connectivity index (χ3v) is 2.26. The van der Waals surface area contributed by atoms with Gasteiger partial charge in [-0.05, 0) is 18.6 Å². The molecule has 0 spiro atoms. The van der Waals surface area contributed by atoms with Crippen LogP contribution in [0.1, 0.15) is 19.2 Å². The van der Waals surface area contributed by atoms with Crippen LogP contribution in [0.25, 0.3) is 11.4 Å². The summed E-state index contributed by atoms with van der Waals surface area (Å²) in [5, 5.41) is 6.48. The van der Waals surface area contributed by atoms with E-state index in [0.717, 1.165) is 18.6 Å². The van der Waals surface area contributed by atoms with Gasteiger partial charge in [0, 0.05) is 12.0 Å². The summed E-state index contributed by atoms with van der Waals surface area (Å²) in [6, 6.07) is 1.74. The van der Waals surface area contributed by atoms with Gasteiger partial charge in [-0.1, -0.05) is 6.92 Å². The van der Waals surface area contributed by atoms with E-state index in [9.17, 15) is 13.2 Å². The summed E-state index contributed by atoms with van der Waals surface area (Å²) >= 11 is 0. The summed E-state index contributed by atoms with van der Waals surface area (Å²) in [6.45, 7) is 1.97. The maximum Gasteiger partial charge on any atom is 0.194 e. The summed E-state index contributed by atoms with van der Waals surface area (Å²) in [4.78, 5) is 4.06. The van der Waals surface area contributed by atoms with Crippen LogP contribution in [0.5, 0.6) is 0 Å². The largest absolute Gasteiger partial charge is 0.263 e. The SMILES string of the molecule is CCCc1nc(-c2cc(F)c(F)c(F)c2)n[nH]1. The third-order valence-electron chi connectivity index (χ3n) is 2.26. The van der Waals surface area contributed by atoms with Gasteiger partial charge < -0.3 is 0 Å². The molecule has 0 unspecified atom stereocenters. The summed E-state index contributed by atoms with van der Waals surface area (Å²) < 4.78 is 38.8. The van der Waals surface area contributed by atoms with Crippen LogP contribution in [-0.4, -0.2) is 15.2 Å². The smallest absolute Gasteiger partial charge is 0.194 e. The Morgan fingerprint density at radius 3 is 2.41 bits per heavy atom. The van der Waals surface area contributed by atoms with Crippen LogP contribution in [0.4, 0.5) is 13.2 Å². The molecular formula is C11H10F3N3. The van der Waals surface area contributed by atoms with Crippen molar-refractivity contribution in [2.75, 3.05) is 0 Å². The number of aromatic amines is 1. The minimum atomic E-state index is -1.49. The van der Waals surface area contributed by atoms with Gasteiger partial charge in [0.2, 0.25) is 0 Å². The van der Waals surface area contributed by atoms with E-state index in [4.69, 9.17) is 0 Å². The van der Waals surface area contributed by atoms with Crippen LogP contribution in [0.3, 0.4) is 0 Å². The zero-order chi connectivity index (χ0) is 12.4. The van der Waals surface area contributed by atoms with Gasteiger partial charge >= 0.3 is 0 Å². The van der Waals surface area contributed by atoms with Crippen LogP contribution >= 0.6 is 0 Å². The second-order valence-electron chi connectivity index (χ2n) is 3.61. The number of halogens is 3. The molecule has 0 aliphatic heterocycles. The van der Waals surface area contributed by atoms with E-state index in [1.807, 2.05) is 6.92 Å². The first-order chi connectivity index (χ1) is 8.11. The average Bonchev–Trinajstić information content (AvgIpc) is 2.74. The molecule has 0 amide bonds. The Kier molecular flexibility index (Phi) is 3.12. The van der Waals surface area contributed by atoms with Crippen LogP contribution in [0.15, 0.2) is 12.1 Å². The fourth-order valence-corrected chi connectivity index (χ4v) is 1.46. The molecule has 0 bridgehead atoms. The van der Waals surface area contributed by atoms with E-state index >= 15 is 0 Å². The third kappa shape index (κ3) is 2.30. The van der Waals surface area contributed by atoms with E-state index in [1.165, 1.54) is 0 Å². The van der Waals surface area contributed by atoms with Gasteiger partial charge in [-0.3, -0.25) is 5.10 Å². The van der Waals surface area contributed by atoms with Crippen LogP contribution in [0, 0.1) is 17.5 Å². The number of hydrogen-bond acceptors (Lipinski definition) is 2. The molecule has 2 aromatic rings. The molecule has 6 heteroatoms. The first-order valence-corrected chi connectivity index (χ1v) is 5.18. The predicted molar refractivity (Wildman–Crippen MR) is 55.7 cm³/mol. The van der Waals surface area contributed by atoms with E-state index in [-0.39, 0.29) is 11.4 Å². The molecule has 2 rings (SSSR count). The summed E-state index contributed by atoms with van der Waals surface area (Å²) in [6.07, 6.45) is 1.57. The first-order valence-electron chi connectivity index (χ1n) is 5.18. The van der Waals surface area contributed by atoms with Crippen molar-refractivity contribution in [2.45, 2.75) is 19.8 Å². The molecule has 1 N–H and O–H groups in total. The molecule has 3 nitrogen and oxygen atoms in total. The Bertz CT molecular complexity index is 514. The fraction of sp³-hybridized carbons (Fsp3) is 0.273. The van der Waals surface area contributed by atoms with Crippen molar-refractivity contribution in [3.8, 4) is 11.4 Å². The zero-order valence-electron chi connectivity index (χ0n) is 9.10. The summed E-state index contributed by atoms with van der Waals surface area (Å²) in [5.41, 5.74) is 0.111. The Hall–Kier alpha value is -1.85. The highest BCUT2D eigenvalue weighted by molar-refractivity contribution is 5.54. The molecule has 17 heavy (non-hydrogen) atoms. The maximum atomic E-state index is 13.0. The molecule has 1 aromatic heterocycles. The number of rotatable bonds is 3. The molecule has 0 aliphatic carbocycles. The Morgan fingerprint density at radius 2 is 1.82 bits per heavy atom. The van der Waals surface area contributed by atoms with Gasteiger partial charge in [-0.15, -0.1) is 0 Å². The van der Waals surface area contributed by atoms with E-state index in [0.29, 0.717) is 12.2 Å². The molecular weight excluding hydrogens is 231 g/mol. The number of benzene rings is 1. The first kappa shape index (κ1) is 11.6. The molecule has 0 atom stereocenters. The molecule has 0 fully saturated rings. The molecule has 0 saturated carbocycles. The standard InChI is InChI=1S/C11H10F3N3/c1-2-3-9-15-11(17-16-9)6-4-7(12)10(14)8(13)5-6/h4-5H,2-3H2,1H3,(H,15,16,17). The monoisotopic (exact) mass is 241 g/mol. The number of hydrogen-bond donors (Lipinski definition) is 1. The molecule has 90 valence electrons. The van der Waals surface area contributed by atoms with Crippen molar-refractivity contribution >= 4 is 0 Å². The lowest BCUT2D eigenvalue weighted by Crippen LogP contribution is -1.93. The number of H-pyrrole nitrogens is 1. The quantitative estimate of drug-likeness (QED) is 0.839. The number of aromatic nitrogens is 3. The number of aryl methyl sites for hydroxylation is 1. The second-order valence-corrected chi connectivity index (χ2v) is 3.61. The highest BCUT2D eigenvalue weighted by Crippen LogP contribution is 2.20.